The first kappa shape index (κ1) is 14.4. The van der Waals surface area contributed by atoms with Crippen molar-refractivity contribution >= 4 is 0 Å². The number of fused-ring (bicyclic) bond motifs is 1. The summed E-state index contributed by atoms with van der Waals surface area (Å²) in [7, 11) is 0. The maximum atomic E-state index is 13.6. The Morgan fingerprint density at radius 2 is 2.00 bits per heavy atom. The van der Waals surface area contributed by atoms with Crippen LogP contribution in [-0.4, -0.2) is 0 Å². The molecular weight excluding hydrogens is 279 g/mol. The number of halogens is 1. The van der Waals surface area contributed by atoms with Gasteiger partial charge in [-0.05, 0) is 52.3 Å². The molecule has 2 aromatic rings. The molecule has 0 heterocycles. The van der Waals surface area contributed by atoms with Gasteiger partial charge < -0.3 is 0 Å². The molecular formula is C18H15FN2O. The fourth-order valence-corrected chi connectivity index (χ4v) is 3.23. The molecule has 1 unspecified atom stereocenters. The van der Waals surface area contributed by atoms with Crippen LogP contribution < -0.4 is 0 Å². The van der Waals surface area contributed by atoms with E-state index in [1.165, 1.54) is 12.1 Å². The van der Waals surface area contributed by atoms with Gasteiger partial charge in [0.2, 0.25) is 0 Å². The Hall–Kier alpha value is -2.54. The van der Waals surface area contributed by atoms with Crippen LogP contribution in [0.25, 0.3) is 11.1 Å². The molecule has 4 heteroatoms. The second-order valence-electron chi connectivity index (χ2n) is 6.35. The average Bonchev–Trinajstić information content (AvgIpc) is 2.77. The standard InChI is InChI=1S/C18H15FN2O/c1-18(2)9-17(21-22)15-4-3-12(8-16(15)18)13-5-11(10-20)6-14(19)7-13/h3-8,17H,9H2,1-2H3. The number of hydrogen-bond donors (Lipinski definition) is 0. The minimum atomic E-state index is -0.429. The van der Waals surface area contributed by atoms with Gasteiger partial charge in [0.1, 0.15) is 11.9 Å². The van der Waals surface area contributed by atoms with Crippen LogP contribution in [0.3, 0.4) is 0 Å². The summed E-state index contributed by atoms with van der Waals surface area (Å²) < 4.78 is 13.6. The van der Waals surface area contributed by atoms with Crippen LogP contribution in [0.1, 0.15) is 43.0 Å². The van der Waals surface area contributed by atoms with Crippen LogP contribution in [0.15, 0.2) is 41.6 Å². The Morgan fingerprint density at radius 3 is 2.68 bits per heavy atom. The van der Waals surface area contributed by atoms with Gasteiger partial charge in [0.15, 0.2) is 0 Å². The molecule has 0 N–H and O–H groups in total. The van der Waals surface area contributed by atoms with Crippen molar-refractivity contribution in [3.05, 3.63) is 63.8 Å². The van der Waals surface area contributed by atoms with Gasteiger partial charge >= 0.3 is 0 Å². The van der Waals surface area contributed by atoms with Crippen LogP contribution in [0, 0.1) is 22.1 Å². The van der Waals surface area contributed by atoms with Crippen molar-refractivity contribution in [2.24, 2.45) is 5.18 Å². The lowest BCUT2D eigenvalue weighted by Crippen LogP contribution is -2.12. The number of rotatable bonds is 2. The maximum Gasteiger partial charge on any atom is 0.125 e. The molecule has 0 aromatic heterocycles. The molecule has 2 aromatic carbocycles. The molecule has 0 bridgehead atoms. The average molecular weight is 294 g/mol. The van der Waals surface area contributed by atoms with Crippen LogP contribution >= 0.6 is 0 Å². The van der Waals surface area contributed by atoms with Crippen LogP contribution in [0.5, 0.6) is 0 Å². The molecule has 0 radical (unpaired) electrons. The second-order valence-corrected chi connectivity index (χ2v) is 6.35. The van der Waals surface area contributed by atoms with Gasteiger partial charge in [-0.25, -0.2) is 4.39 Å². The Morgan fingerprint density at radius 1 is 1.23 bits per heavy atom. The predicted molar refractivity (Wildman–Crippen MR) is 82.7 cm³/mol. The zero-order valence-corrected chi connectivity index (χ0v) is 12.4. The molecule has 0 saturated heterocycles. The maximum absolute atomic E-state index is 13.6. The van der Waals surface area contributed by atoms with Crippen molar-refractivity contribution in [2.45, 2.75) is 31.7 Å². The molecule has 1 aliphatic rings. The van der Waals surface area contributed by atoms with Gasteiger partial charge in [0, 0.05) is 0 Å². The van der Waals surface area contributed by atoms with Gasteiger partial charge in [-0.2, -0.15) is 10.2 Å². The SMILES string of the molecule is CC1(C)CC(N=O)c2ccc(-c3cc(F)cc(C#N)c3)cc21. The van der Waals surface area contributed by atoms with Gasteiger partial charge in [-0.1, -0.05) is 37.2 Å². The Bertz CT molecular complexity index is 805. The molecule has 0 saturated carbocycles. The van der Waals surface area contributed by atoms with Crippen molar-refractivity contribution < 1.29 is 4.39 Å². The Balaban J connectivity index is 2.14. The fourth-order valence-electron chi connectivity index (χ4n) is 3.23. The zero-order valence-electron chi connectivity index (χ0n) is 12.4. The van der Waals surface area contributed by atoms with Gasteiger partial charge in [-0.15, -0.1) is 0 Å². The molecule has 0 fully saturated rings. The largest absolute Gasteiger partial charge is 0.207 e. The normalized spacial score (nSPS) is 18.5. The Kier molecular flexibility index (Phi) is 3.29. The van der Waals surface area contributed by atoms with E-state index in [0.717, 1.165) is 16.7 Å². The smallest absolute Gasteiger partial charge is 0.125 e. The minimum Gasteiger partial charge on any atom is -0.207 e. The summed E-state index contributed by atoms with van der Waals surface area (Å²) in [5.41, 5.74) is 3.67. The molecule has 1 aliphatic carbocycles. The van der Waals surface area contributed by atoms with Gasteiger partial charge in [0.25, 0.3) is 0 Å². The zero-order chi connectivity index (χ0) is 15.9. The van der Waals surface area contributed by atoms with Gasteiger partial charge in [-0.3, -0.25) is 0 Å². The fraction of sp³-hybridized carbons (Fsp3) is 0.278. The highest BCUT2D eigenvalue weighted by Crippen LogP contribution is 2.47. The van der Waals surface area contributed by atoms with Crippen molar-refractivity contribution in [1.29, 1.82) is 5.26 Å². The molecule has 110 valence electrons. The summed E-state index contributed by atoms with van der Waals surface area (Å²) in [5.74, 6) is -0.429. The summed E-state index contributed by atoms with van der Waals surface area (Å²) in [5, 5.41) is 12.2. The summed E-state index contributed by atoms with van der Waals surface area (Å²) in [6, 6.07) is 11.7. The number of benzene rings is 2. The highest BCUT2D eigenvalue weighted by atomic mass is 19.1. The van der Waals surface area contributed by atoms with E-state index >= 15 is 0 Å². The first-order valence-corrected chi connectivity index (χ1v) is 7.12. The van der Waals surface area contributed by atoms with E-state index in [1.807, 2.05) is 24.3 Å². The van der Waals surface area contributed by atoms with E-state index < -0.39 is 5.82 Å². The van der Waals surface area contributed by atoms with E-state index in [1.54, 1.807) is 6.07 Å². The van der Waals surface area contributed by atoms with Gasteiger partial charge in [0.05, 0.1) is 11.6 Å². The minimum absolute atomic E-state index is 0.144. The van der Waals surface area contributed by atoms with Crippen molar-refractivity contribution in [3.8, 4) is 17.2 Å². The van der Waals surface area contributed by atoms with E-state index in [-0.39, 0.29) is 11.5 Å². The first-order valence-electron chi connectivity index (χ1n) is 7.12. The van der Waals surface area contributed by atoms with Crippen molar-refractivity contribution in [1.82, 2.24) is 0 Å². The summed E-state index contributed by atoms with van der Waals surface area (Å²) >= 11 is 0. The number of nitroso groups, excluding NO2 is 1. The highest BCUT2D eigenvalue weighted by molar-refractivity contribution is 5.68. The second kappa shape index (κ2) is 5.03. The highest BCUT2D eigenvalue weighted by Gasteiger charge is 2.37. The molecule has 0 spiro atoms. The first-order chi connectivity index (χ1) is 10.4. The lowest BCUT2D eigenvalue weighted by molar-refractivity contribution is 0.481. The summed E-state index contributed by atoms with van der Waals surface area (Å²) in [4.78, 5) is 11.0. The lowest BCUT2D eigenvalue weighted by atomic mass is 9.85. The third-order valence-corrected chi connectivity index (χ3v) is 4.33. The van der Waals surface area contributed by atoms with E-state index in [0.29, 0.717) is 17.5 Å². The monoisotopic (exact) mass is 294 g/mol. The molecule has 22 heavy (non-hydrogen) atoms. The summed E-state index contributed by atoms with van der Waals surface area (Å²) in [6.45, 7) is 4.15. The number of hydrogen-bond acceptors (Lipinski definition) is 3. The number of nitriles is 1. The van der Waals surface area contributed by atoms with Crippen molar-refractivity contribution in [2.75, 3.05) is 0 Å². The number of nitrogens with zero attached hydrogens (tertiary/aromatic N) is 2. The predicted octanol–water partition coefficient (Wildman–Crippen LogP) is 4.85. The molecule has 0 amide bonds. The van der Waals surface area contributed by atoms with Crippen molar-refractivity contribution in [3.63, 3.8) is 0 Å². The van der Waals surface area contributed by atoms with E-state index in [2.05, 4.69) is 19.0 Å². The van der Waals surface area contributed by atoms with Crippen LogP contribution in [-0.2, 0) is 5.41 Å². The topological polar surface area (TPSA) is 53.2 Å². The Labute approximate surface area is 128 Å². The molecule has 0 aliphatic heterocycles. The third kappa shape index (κ3) is 2.29. The lowest BCUT2D eigenvalue weighted by Gasteiger charge is -2.19. The molecule has 1 atom stereocenters. The molecule has 3 nitrogen and oxygen atoms in total. The molecule has 3 rings (SSSR count). The van der Waals surface area contributed by atoms with Crippen LogP contribution in [0.2, 0.25) is 0 Å². The third-order valence-electron chi connectivity index (χ3n) is 4.33. The van der Waals surface area contributed by atoms with Crippen LogP contribution in [0.4, 0.5) is 4.39 Å². The quantitative estimate of drug-likeness (QED) is 0.743. The summed E-state index contributed by atoms with van der Waals surface area (Å²) in [6.07, 6.45) is 0.682. The van der Waals surface area contributed by atoms with E-state index in [9.17, 15) is 9.30 Å². The van der Waals surface area contributed by atoms with E-state index in [4.69, 9.17) is 5.26 Å².